The summed E-state index contributed by atoms with van der Waals surface area (Å²) in [5.74, 6) is 0. The summed E-state index contributed by atoms with van der Waals surface area (Å²) in [6, 6.07) is 8.52. The average molecular weight is 426 g/mol. The Bertz CT molecular complexity index is 552. The number of rotatable bonds is 10. The topological polar surface area (TPSA) is 27.7 Å². The molecular formula is C17H33O3Si5. The number of benzene rings is 1. The zero-order valence-electron chi connectivity index (χ0n) is 17.0. The van der Waals surface area contributed by atoms with Crippen LogP contribution in [-0.4, -0.2) is 44.0 Å². The maximum absolute atomic E-state index is 6.27. The molecule has 0 aliphatic rings. The monoisotopic (exact) mass is 425 g/mol. The van der Waals surface area contributed by atoms with Gasteiger partial charge in [-0.2, -0.15) is 0 Å². The Morgan fingerprint density at radius 3 is 2.04 bits per heavy atom. The van der Waals surface area contributed by atoms with Crippen LogP contribution in [0.2, 0.25) is 58.0 Å². The van der Waals surface area contributed by atoms with Crippen LogP contribution < -0.4 is 5.19 Å². The highest BCUT2D eigenvalue weighted by atomic mass is 28.4. The highest BCUT2D eigenvalue weighted by Gasteiger charge is 2.32. The summed E-state index contributed by atoms with van der Waals surface area (Å²) in [5.41, 5.74) is 2.25. The normalized spacial score (nSPS) is 13.3. The Balaban J connectivity index is 2.54. The third-order valence-corrected chi connectivity index (χ3v) is 19.5. The van der Waals surface area contributed by atoms with Gasteiger partial charge in [0.25, 0.3) is 0 Å². The van der Waals surface area contributed by atoms with Crippen LogP contribution in [0.15, 0.2) is 30.8 Å². The molecule has 0 aromatic heterocycles. The van der Waals surface area contributed by atoms with E-state index in [4.69, 9.17) is 12.3 Å². The number of hydrogen-bond acceptors (Lipinski definition) is 3. The lowest BCUT2D eigenvalue weighted by atomic mass is 10.2. The standard InChI is InChI=1S/C17H33O3Si5/c1-10-16-11-13-17(14-12-16)25(8,9)19-21-18-24(6,7)15-22(2)20-23(3,4)5/h10-14H,1,15H2,2-9H3. The fourth-order valence-electron chi connectivity index (χ4n) is 2.51. The molecule has 0 atom stereocenters. The van der Waals surface area contributed by atoms with E-state index in [0.29, 0.717) is 0 Å². The van der Waals surface area contributed by atoms with Gasteiger partial charge in [-0.25, -0.2) is 0 Å². The van der Waals surface area contributed by atoms with Crippen molar-refractivity contribution in [1.29, 1.82) is 0 Å². The maximum Gasteiger partial charge on any atom is 0.410 e. The van der Waals surface area contributed by atoms with E-state index in [1.54, 1.807) is 0 Å². The van der Waals surface area contributed by atoms with Gasteiger partial charge in [-0.05, 0) is 68.8 Å². The van der Waals surface area contributed by atoms with Crippen molar-refractivity contribution in [1.82, 2.24) is 0 Å². The summed E-state index contributed by atoms with van der Waals surface area (Å²) in [6.45, 7) is 21.9. The molecule has 0 amide bonds. The van der Waals surface area contributed by atoms with Crippen molar-refractivity contribution in [3.63, 3.8) is 0 Å². The molecule has 0 N–H and O–H groups in total. The average Bonchev–Trinajstić information content (AvgIpc) is 2.44. The largest absolute Gasteiger partial charge is 0.456 e. The van der Waals surface area contributed by atoms with E-state index in [0.717, 1.165) is 11.2 Å². The van der Waals surface area contributed by atoms with Crippen LogP contribution in [-0.2, 0) is 12.3 Å². The van der Waals surface area contributed by atoms with Gasteiger partial charge >= 0.3 is 10.0 Å². The smallest absolute Gasteiger partial charge is 0.410 e. The summed E-state index contributed by atoms with van der Waals surface area (Å²) in [7, 11) is -5.79. The predicted octanol–water partition coefficient (Wildman–Crippen LogP) is 4.53. The maximum atomic E-state index is 6.27. The molecule has 0 aliphatic heterocycles. The van der Waals surface area contributed by atoms with Gasteiger partial charge in [0.15, 0.2) is 25.7 Å². The van der Waals surface area contributed by atoms with E-state index in [9.17, 15) is 0 Å². The molecule has 1 aromatic rings. The molecule has 3 nitrogen and oxygen atoms in total. The van der Waals surface area contributed by atoms with Gasteiger partial charge in [0, 0.05) is 0 Å². The minimum absolute atomic E-state index is 0.121. The van der Waals surface area contributed by atoms with Crippen LogP contribution in [0.5, 0.6) is 0 Å². The molecule has 3 radical (unpaired) electrons. The van der Waals surface area contributed by atoms with E-state index in [1.807, 2.05) is 6.08 Å². The Morgan fingerprint density at radius 1 is 1.00 bits per heavy atom. The SMILES string of the molecule is C=Cc1ccc([Si](C)(C)O[Si]O[Si](C)(C)C[Si](C)O[Si](C)(C)C)cc1. The Hall–Kier alpha value is -0.0756. The molecule has 0 aliphatic carbocycles. The fourth-order valence-corrected chi connectivity index (χ4v) is 17.1. The van der Waals surface area contributed by atoms with Gasteiger partial charge in [0.05, 0.1) is 0 Å². The Kier molecular flexibility index (Phi) is 8.47. The third kappa shape index (κ3) is 8.91. The zero-order valence-corrected chi connectivity index (χ0v) is 22.0. The second-order valence-electron chi connectivity index (χ2n) is 8.48. The second kappa shape index (κ2) is 9.22. The van der Waals surface area contributed by atoms with Crippen molar-refractivity contribution < 1.29 is 12.3 Å². The van der Waals surface area contributed by atoms with Crippen molar-refractivity contribution in [2.24, 2.45) is 0 Å². The quantitative estimate of drug-likeness (QED) is 0.516. The fraction of sp³-hybridized carbons (Fsp3) is 0.529. The van der Waals surface area contributed by atoms with Gasteiger partial charge in [0.2, 0.25) is 8.32 Å². The molecule has 0 heterocycles. The van der Waals surface area contributed by atoms with Crippen LogP contribution in [0.4, 0.5) is 0 Å². The molecule has 139 valence electrons. The van der Waals surface area contributed by atoms with Gasteiger partial charge in [-0.3, -0.25) is 0 Å². The number of hydrogen-bond donors (Lipinski definition) is 0. The van der Waals surface area contributed by atoms with Crippen LogP contribution in [0.3, 0.4) is 0 Å². The molecule has 1 rings (SSSR count). The van der Waals surface area contributed by atoms with Crippen molar-refractivity contribution >= 4 is 55.3 Å². The highest BCUT2D eigenvalue weighted by molar-refractivity contribution is 6.89. The summed E-state index contributed by atoms with van der Waals surface area (Å²) < 4.78 is 18.8. The minimum Gasteiger partial charge on any atom is -0.456 e. The first-order valence-electron chi connectivity index (χ1n) is 8.70. The molecular weight excluding hydrogens is 393 g/mol. The van der Waals surface area contributed by atoms with Crippen LogP contribution in [0.1, 0.15) is 5.56 Å². The summed E-state index contributed by atoms with van der Waals surface area (Å²) in [4.78, 5) is 0. The van der Waals surface area contributed by atoms with Gasteiger partial charge < -0.3 is 12.3 Å². The Labute approximate surface area is 162 Å². The van der Waals surface area contributed by atoms with E-state index in [1.165, 1.54) is 5.19 Å². The van der Waals surface area contributed by atoms with E-state index in [-0.39, 0.29) is 10.0 Å². The van der Waals surface area contributed by atoms with Crippen molar-refractivity contribution in [2.75, 3.05) is 0 Å². The van der Waals surface area contributed by atoms with Gasteiger partial charge in [-0.1, -0.05) is 36.9 Å². The molecule has 25 heavy (non-hydrogen) atoms. The molecule has 0 saturated heterocycles. The van der Waals surface area contributed by atoms with Gasteiger partial charge in [-0.15, -0.1) is 0 Å². The van der Waals surface area contributed by atoms with E-state index >= 15 is 0 Å². The first-order valence-corrected chi connectivity index (χ1v) is 21.1. The van der Waals surface area contributed by atoms with Gasteiger partial charge in [0.1, 0.15) is 0 Å². The van der Waals surface area contributed by atoms with Crippen molar-refractivity contribution in [2.45, 2.75) is 58.0 Å². The lowest BCUT2D eigenvalue weighted by molar-refractivity contribution is 0.457. The first-order chi connectivity index (χ1) is 11.3. The first kappa shape index (κ1) is 23.0. The van der Waals surface area contributed by atoms with Crippen LogP contribution in [0.25, 0.3) is 6.08 Å². The molecule has 0 unspecified atom stereocenters. The summed E-state index contributed by atoms with van der Waals surface area (Å²) in [6.07, 6.45) is 1.87. The van der Waals surface area contributed by atoms with Crippen LogP contribution in [0, 0.1) is 0 Å². The minimum atomic E-state index is -1.93. The second-order valence-corrected chi connectivity index (χ2v) is 25.3. The molecule has 0 spiro atoms. The summed E-state index contributed by atoms with van der Waals surface area (Å²) >= 11 is 0. The van der Waals surface area contributed by atoms with Crippen molar-refractivity contribution in [3.05, 3.63) is 36.4 Å². The van der Waals surface area contributed by atoms with Crippen molar-refractivity contribution in [3.8, 4) is 0 Å². The van der Waals surface area contributed by atoms with E-state index in [2.05, 4.69) is 83.2 Å². The predicted molar refractivity (Wildman–Crippen MR) is 120 cm³/mol. The summed E-state index contributed by atoms with van der Waals surface area (Å²) in [5, 5.41) is 1.29. The molecule has 1 aromatic carbocycles. The molecule has 0 bridgehead atoms. The lowest BCUT2D eigenvalue weighted by Gasteiger charge is -2.30. The third-order valence-electron chi connectivity index (χ3n) is 3.61. The van der Waals surface area contributed by atoms with E-state index < -0.39 is 34.0 Å². The Morgan fingerprint density at radius 2 is 1.56 bits per heavy atom. The molecule has 0 saturated carbocycles. The lowest BCUT2D eigenvalue weighted by Crippen LogP contribution is -2.48. The molecule has 8 heteroatoms. The highest BCUT2D eigenvalue weighted by Crippen LogP contribution is 2.17. The zero-order chi connectivity index (χ0) is 19.3. The molecule has 0 fully saturated rings. The van der Waals surface area contributed by atoms with Crippen LogP contribution >= 0.6 is 0 Å².